The number of hydrogen-bond acceptors (Lipinski definition) is 1. The summed E-state index contributed by atoms with van der Waals surface area (Å²) >= 11 is 5.54. The van der Waals surface area contributed by atoms with E-state index in [0.717, 1.165) is 11.6 Å². The molecule has 0 aromatic heterocycles. The molecule has 1 nitrogen and oxygen atoms in total. The fourth-order valence-corrected chi connectivity index (χ4v) is 2.18. The molecule has 2 aromatic carbocycles. The normalized spacial score (nSPS) is 17.3. The molecule has 1 aliphatic rings. The van der Waals surface area contributed by atoms with Gasteiger partial charge in [0, 0.05) is 17.6 Å². The second-order valence-electron chi connectivity index (χ2n) is 4.55. The standard InChI is InChI=1S/C10H13N.C6H5Cl/c1-8-6-9-4-2-3-5-10(9)7-11-8;7-6-4-2-1-3-5-6/h2-5,8,11H,6-7H2,1H3;1-5H/t8-;/m0./s1. The fourth-order valence-electron chi connectivity index (χ4n) is 2.03. The van der Waals surface area contributed by atoms with E-state index in [4.69, 9.17) is 11.6 Å². The number of hydrogen-bond donors (Lipinski definition) is 1. The van der Waals surface area contributed by atoms with E-state index < -0.39 is 0 Å². The van der Waals surface area contributed by atoms with Gasteiger partial charge in [0.2, 0.25) is 0 Å². The molecular weight excluding hydrogens is 242 g/mol. The van der Waals surface area contributed by atoms with Gasteiger partial charge in [0.15, 0.2) is 0 Å². The first-order valence-corrected chi connectivity index (χ1v) is 6.64. The maximum absolute atomic E-state index is 5.54. The predicted octanol–water partition coefficient (Wildman–Crippen LogP) is 4.06. The van der Waals surface area contributed by atoms with Crippen LogP contribution in [-0.4, -0.2) is 6.04 Å². The lowest BCUT2D eigenvalue weighted by atomic mass is 9.97. The van der Waals surface area contributed by atoms with Crippen LogP contribution < -0.4 is 5.32 Å². The molecule has 0 spiro atoms. The molecule has 0 aliphatic carbocycles. The molecule has 1 heterocycles. The van der Waals surface area contributed by atoms with Crippen molar-refractivity contribution in [2.75, 3.05) is 0 Å². The van der Waals surface area contributed by atoms with Crippen LogP contribution in [0.4, 0.5) is 0 Å². The van der Waals surface area contributed by atoms with E-state index in [-0.39, 0.29) is 0 Å². The van der Waals surface area contributed by atoms with Gasteiger partial charge in [0.05, 0.1) is 0 Å². The molecule has 0 radical (unpaired) electrons. The minimum Gasteiger partial charge on any atom is -0.310 e. The molecule has 0 saturated carbocycles. The molecular formula is C16H18ClN. The number of halogens is 1. The van der Waals surface area contributed by atoms with Crippen LogP contribution in [0.5, 0.6) is 0 Å². The Hall–Kier alpha value is -1.31. The van der Waals surface area contributed by atoms with Crippen molar-refractivity contribution < 1.29 is 0 Å². The van der Waals surface area contributed by atoms with Crippen LogP contribution in [0, 0.1) is 0 Å². The Bertz CT molecular complexity index is 481. The molecule has 18 heavy (non-hydrogen) atoms. The topological polar surface area (TPSA) is 12.0 Å². The zero-order valence-corrected chi connectivity index (χ0v) is 11.3. The van der Waals surface area contributed by atoms with Gasteiger partial charge in [0.25, 0.3) is 0 Å². The Morgan fingerprint density at radius 3 is 2.17 bits per heavy atom. The van der Waals surface area contributed by atoms with Crippen molar-refractivity contribution in [1.29, 1.82) is 0 Å². The summed E-state index contributed by atoms with van der Waals surface area (Å²) < 4.78 is 0. The molecule has 2 aromatic rings. The number of nitrogens with one attached hydrogen (secondary N) is 1. The number of rotatable bonds is 0. The number of fused-ring (bicyclic) bond motifs is 1. The highest BCUT2D eigenvalue weighted by Crippen LogP contribution is 2.15. The Morgan fingerprint density at radius 1 is 0.944 bits per heavy atom. The molecule has 1 atom stereocenters. The van der Waals surface area contributed by atoms with Crippen LogP contribution in [0.25, 0.3) is 0 Å². The Balaban J connectivity index is 0.000000149. The van der Waals surface area contributed by atoms with Gasteiger partial charge in [-0.1, -0.05) is 54.1 Å². The molecule has 94 valence electrons. The zero-order valence-electron chi connectivity index (χ0n) is 10.6. The molecule has 1 N–H and O–H groups in total. The van der Waals surface area contributed by atoms with Crippen molar-refractivity contribution in [3.8, 4) is 0 Å². The van der Waals surface area contributed by atoms with E-state index in [1.807, 2.05) is 30.3 Å². The van der Waals surface area contributed by atoms with Crippen LogP contribution in [-0.2, 0) is 13.0 Å². The summed E-state index contributed by atoms with van der Waals surface area (Å²) in [7, 11) is 0. The number of benzene rings is 2. The van der Waals surface area contributed by atoms with E-state index >= 15 is 0 Å². The first kappa shape index (κ1) is 13.1. The molecule has 1 aliphatic heterocycles. The smallest absolute Gasteiger partial charge is 0.0405 e. The van der Waals surface area contributed by atoms with Gasteiger partial charge in [-0.15, -0.1) is 0 Å². The van der Waals surface area contributed by atoms with Crippen molar-refractivity contribution in [1.82, 2.24) is 5.32 Å². The maximum atomic E-state index is 5.54. The predicted molar refractivity (Wildman–Crippen MR) is 77.9 cm³/mol. The van der Waals surface area contributed by atoms with Gasteiger partial charge in [-0.25, -0.2) is 0 Å². The van der Waals surface area contributed by atoms with Crippen LogP contribution >= 0.6 is 11.6 Å². The lowest BCUT2D eigenvalue weighted by molar-refractivity contribution is 0.513. The Morgan fingerprint density at radius 2 is 1.56 bits per heavy atom. The van der Waals surface area contributed by atoms with Crippen LogP contribution in [0.1, 0.15) is 18.1 Å². The summed E-state index contributed by atoms with van der Waals surface area (Å²) in [6.45, 7) is 3.27. The largest absolute Gasteiger partial charge is 0.310 e. The van der Waals surface area contributed by atoms with Crippen LogP contribution in [0.2, 0.25) is 5.02 Å². The third-order valence-corrected chi connectivity index (χ3v) is 3.27. The molecule has 0 amide bonds. The third-order valence-electron chi connectivity index (χ3n) is 3.02. The SMILES string of the molecule is C[C@H]1Cc2ccccc2CN1.Clc1ccccc1. The third kappa shape index (κ3) is 3.86. The first-order chi connectivity index (χ1) is 8.75. The van der Waals surface area contributed by atoms with Crippen LogP contribution in [0.3, 0.4) is 0 Å². The van der Waals surface area contributed by atoms with Gasteiger partial charge in [0.1, 0.15) is 0 Å². The molecule has 2 heteroatoms. The van der Waals surface area contributed by atoms with Gasteiger partial charge in [-0.05, 0) is 36.6 Å². The van der Waals surface area contributed by atoms with Gasteiger partial charge in [-0.3, -0.25) is 0 Å². The van der Waals surface area contributed by atoms with E-state index in [9.17, 15) is 0 Å². The lowest BCUT2D eigenvalue weighted by Gasteiger charge is -2.22. The highest BCUT2D eigenvalue weighted by Gasteiger charge is 2.12. The monoisotopic (exact) mass is 259 g/mol. The highest BCUT2D eigenvalue weighted by atomic mass is 35.5. The zero-order chi connectivity index (χ0) is 12.8. The van der Waals surface area contributed by atoms with Gasteiger partial charge < -0.3 is 5.32 Å². The van der Waals surface area contributed by atoms with E-state index in [2.05, 4.69) is 36.5 Å². The molecule has 0 saturated heterocycles. The molecule has 0 unspecified atom stereocenters. The van der Waals surface area contributed by atoms with Crippen molar-refractivity contribution >= 4 is 11.6 Å². The lowest BCUT2D eigenvalue weighted by Crippen LogP contribution is -2.32. The summed E-state index contributed by atoms with van der Waals surface area (Å²) in [6, 6.07) is 18.7. The second kappa shape index (κ2) is 6.58. The minimum atomic E-state index is 0.643. The molecule has 0 fully saturated rings. The second-order valence-corrected chi connectivity index (χ2v) is 4.99. The van der Waals surface area contributed by atoms with E-state index in [1.165, 1.54) is 17.5 Å². The fraction of sp³-hybridized carbons (Fsp3) is 0.250. The highest BCUT2D eigenvalue weighted by molar-refractivity contribution is 6.30. The Kier molecular flexibility index (Phi) is 4.80. The molecule has 0 bridgehead atoms. The summed E-state index contributed by atoms with van der Waals surface area (Å²) in [4.78, 5) is 0. The Labute approximate surface area is 114 Å². The van der Waals surface area contributed by atoms with Crippen molar-refractivity contribution in [2.45, 2.75) is 25.9 Å². The van der Waals surface area contributed by atoms with Crippen molar-refractivity contribution in [3.05, 3.63) is 70.7 Å². The average molecular weight is 260 g/mol. The summed E-state index contributed by atoms with van der Waals surface area (Å²) in [5.74, 6) is 0. The van der Waals surface area contributed by atoms with Crippen molar-refractivity contribution in [2.24, 2.45) is 0 Å². The summed E-state index contributed by atoms with van der Waals surface area (Å²) in [6.07, 6.45) is 1.18. The minimum absolute atomic E-state index is 0.643. The molecule has 3 rings (SSSR count). The first-order valence-electron chi connectivity index (χ1n) is 6.26. The quantitative estimate of drug-likeness (QED) is 0.752. The average Bonchev–Trinajstić information content (AvgIpc) is 2.40. The van der Waals surface area contributed by atoms with Gasteiger partial charge >= 0.3 is 0 Å². The van der Waals surface area contributed by atoms with Gasteiger partial charge in [-0.2, -0.15) is 0 Å². The maximum Gasteiger partial charge on any atom is 0.0405 e. The summed E-state index contributed by atoms with van der Waals surface area (Å²) in [5, 5.41) is 4.23. The van der Waals surface area contributed by atoms with E-state index in [1.54, 1.807) is 0 Å². The van der Waals surface area contributed by atoms with Crippen LogP contribution in [0.15, 0.2) is 54.6 Å². The summed E-state index contributed by atoms with van der Waals surface area (Å²) in [5.41, 5.74) is 2.98. The van der Waals surface area contributed by atoms with Crippen molar-refractivity contribution in [3.63, 3.8) is 0 Å². The van der Waals surface area contributed by atoms with E-state index in [0.29, 0.717) is 6.04 Å².